The minimum atomic E-state index is -0.758. The fourth-order valence-electron chi connectivity index (χ4n) is 13.4. The Bertz CT molecular complexity index is 1310. The average Bonchev–Trinajstić information content (AvgIpc) is 3.25. The lowest BCUT2D eigenvalue weighted by Crippen LogP contribution is -2.62. The normalized spacial score (nSPS) is 45.1. The topological polar surface area (TPSA) is 101 Å². The number of nitrogens with one attached hydrogen (secondary N) is 1. The van der Waals surface area contributed by atoms with Gasteiger partial charge in [0.15, 0.2) is 5.78 Å². The minimum absolute atomic E-state index is 0.0513. The van der Waals surface area contributed by atoms with Crippen LogP contribution in [-0.2, 0) is 19.2 Å². The summed E-state index contributed by atoms with van der Waals surface area (Å²) in [5, 5.41) is 12.3. The first kappa shape index (κ1) is 32.9. The number of hydrogen-bond donors (Lipinski definition) is 2. The summed E-state index contributed by atoms with van der Waals surface area (Å²) in [4.78, 5) is 51.4. The summed E-state index contributed by atoms with van der Waals surface area (Å²) in [6, 6.07) is 0. The summed E-state index contributed by atoms with van der Waals surface area (Å²) >= 11 is 0. The highest BCUT2D eigenvalue weighted by molar-refractivity contribution is 6.01. The van der Waals surface area contributed by atoms with Crippen LogP contribution in [0.1, 0.15) is 126 Å². The van der Waals surface area contributed by atoms with E-state index < -0.39 is 5.97 Å². The average molecular weight is 622 g/mol. The van der Waals surface area contributed by atoms with Gasteiger partial charge in [-0.1, -0.05) is 54.0 Å². The first-order chi connectivity index (χ1) is 21.0. The van der Waals surface area contributed by atoms with E-state index in [1.807, 2.05) is 6.92 Å². The predicted molar refractivity (Wildman–Crippen MR) is 175 cm³/mol. The van der Waals surface area contributed by atoms with E-state index in [4.69, 9.17) is 0 Å². The van der Waals surface area contributed by atoms with Crippen molar-refractivity contribution in [2.24, 2.45) is 74.9 Å². The van der Waals surface area contributed by atoms with E-state index in [9.17, 15) is 24.3 Å². The van der Waals surface area contributed by atoms with Gasteiger partial charge < -0.3 is 10.4 Å². The highest BCUT2D eigenvalue weighted by atomic mass is 16.4. The number of aliphatic carboxylic acids is 1. The van der Waals surface area contributed by atoms with Gasteiger partial charge in [0.2, 0.25) is 5.91 Å². The molecule has 5 saturated carbocycles. The Kier molecular flexibility index (Phi) is 8.08. The molecule has 0 heterocycles. The molecule has 11 atom stereocenters. The number of amides is 1. The number of fused-ring (bicyclic) bond motifs is 7. The summed E-state index contributed by atoms with van der Waals surface area (Å²) in [7, 11) is 1.72. The number of rotatable bonds is 7. The molecule has 0 spiro atoms. The zero-order chi connectivity index (χ0) is 32.9. The number of carbonyl (C=O) groups excluding carboxylic acids is 3. The third kappa shape index (κ3) is 4.75. The molecule has 1 amide bonds. The number of ketones is 2. The molecule has 45 heavy (non-hydrogen) atoms. The Morgan fingerprint density at radius 3 is 2.22 bits per heavy atom. The highest BCUT2D eigenvalue weighted by Crippen LogP contribution is 2.74. The third-order valence-corrected chi connectivity index (χ3v) is 15.7. The van der Waals surface area contributed by atoms with Gasteiger partial charge in [-0.2, -0.15) is 0 Å². The molecule has 6 heteroatoms. The number of Topliss-reactive ketones (excluding diaryl/α,β-unsaturated/α-hetero) is 2. The Labute approximate surface area is 271 Å². The summed E-state index contributed by atoms with van der Waals surface area (Å²) in [6.07, 6.45) is 11.0. The van der Waals surface area contributed by atoms with Crippen LogP contribution in [0.2, 0.25) is 0 Å². The second kappa shape index (κ2) is 11.0. The lowest BCUT2D eigenvalue weighted by molar-refractivity contribution is -0.193. The van der Waals surface area contributed by atoms with Crippen molar-refractivity contribution in [3.63, 3.8) is 0 Å². The third-order valence-electron chi connectivity index (χ3n) is 15.7. The van der Waals surface area contributed by atoms with E-state index in [2.05, 4.69) is 46.9 Å². The lowest BCUT2D eigenvalue weighted by Gasteiger charge is -2.69. The number of carboxylic acids is 1. The molecule has 2 N–H and O–H groups in total. The van der Waals surface area contributed by atoms with Crippen molar-refractivity contribution in [3.8, 4) is 0 Å². The standard InChI is InChI=1S/C39H59NO5/c1-21(2)33-29(42)19-39(20-32(43)40-8)16-12-27-24(34(33)39)9-10-31-37(27,6)15-13-30-36(4,5)23(11-14-38(30,31)7)17-28(41)25-18-26(22(25)3)35(44)45/h21-27,30-31H,9-20H2,1-8H3,(H,40,43)(H,44,45). The molecule has 250 valence electrons. The maximum absolute atomic E-state index is 13.6. The largest absolute Gasteiger partial charge is 0.481 e. The Morgan fingerprint density at radius 1 is 0.911 bits per heavy atom. The van der Waals surface area contributed by atoms with E-state index in [0.717, 1.165) is 37.7 Å². The van der Waals surface area contributed by atoms with Crippen molar-refractivity contribution in [3.05, 3.63) is 11.1 Å². The van der Waals surface area contributed by atoms with Crippen LogP contribution in [0.4, 0.5) is 0 Å². The Hall–Kier alpha value is -1.98. The molecule has 11 unspecified atom stereocenters. The maximum atomic E-state index is 13.6. The molecule has 0 radical (unpaired) electrons. The van der Waals surface area contributed by atoms with Gasteiger partial charge in [-0.15, -0.1) is 0 Å². The Morgan fingerprint density at radius 2 is 1.60 bits per heavy atom. The molecule has 0 aromatic heterocycles. The van der Waals surface area contributed by atoms with Crippen molar-refractivity contribution in [1.82, 2.24) is 5.32 Å². The van der Waals surface area contributed by atoms with Gasteiger partial charge in [0.1, 0.15) is 5.78 Å². The minimum Gasteiger partial charge on any atom is -0.481 e. The van der Waals surface area contributed by atoms with Crippen LogP contribution in [0.25, 0.3) is 0 Å². The molecule has 0 aromatic rings. The molecule has 6 nitrogen and oxygen atoms in total. The first-order valence-electron chi connectivity index (χ1n) is 18.3. The second-order valence-corrected chi connectivity index (χ2v) is 18.1. The zero-order valence-corrected chi connectivity index (χ0v) is 29.3. The maximum Gasteiger partial charge on any atom is 0.306 e. The SMILES string of the molecule is CNC(=O)CC12CCC3C(CCC4C3(C)CCC3C(C)(C)C(CC(=O)C5CC(C(=O)O)C5C)CCC34C)C1=C(C(C)C)C(=O)C2. The van der Waals surface area contributed by atoms with Crippen molar-refractivity contribution < 1.29 is 24.3 Å². The van der Waals surface area contributed by atoms with Crippen molar-refractivity contribution >= 4 is 23.4 Å². The Balaban J connectivity index is 1.25. The second-order valence-electron chi connectivity index (χ2n) is 18.1. The van der Waals surface area contributed by atoms with Crippen LogP contribution in [-0.4, -0.2) is 35.6 Å². The summed E-state index contributed by atoms with van der Waals surface area (Å²) in [6.45, 7) is 16.3. The van der Waals surface area contributed by atoms with E-state index in [1.54, 1.807) is 7.05 Å². The predicted octanol–water partition coefficient (Wildman–Crippen LogP) is 7.65. The molecule has 6 aliphatic carbocycles. The van der Waals surface area contributed by atoms with Gasteiger partial charge in [-0.25, -0.2) is 0 Å². The monoisotopic (exact) mass is 621 g/mol. The van der Waals surface area contributed by atoms with Gasteiger partial charge in [0.05, 0.1) is 5.92 Å². The van der Waals surface area contributed by atoms with Crippen molar-refractivity contribution in [2.45, 2.75) is 126 Å². The molecule has 0 aliphatic heterocycles. The van der Waals surface area contributed by atoms with E-state index in [-0.39, 0.29) is 57.0 Å². The smallest absolute Gasteiger partial charge is 0.306 e. The fraction of sp³-hybridized carbons (Fsp3) is 0.846. The van der Waals surface area contributed by atoms with Gasteiger partial charge in [-0.3, -0.25) is 19.2 Å². The van der Waals surface area contributed by atoms with E-state index in [0.29, 0.717) is 61.1 Å². The van der Waals surface area contributed by atoms with Gasteiger partial charge >= 0.3 is 5.97 Å². The molecule has 6 aliphatic rings. The van der Waals surface area contributed by atoms with E-state index in [1.165, 1.54) is 24.8 Å². The van der Waals surface area contributed by atoms with Crippen LogP contribution in [0.5, 0.6) is 0 Å². The van der Waals surface area contributed by atoms with Gasteiger partial charge in [0, 0.05) is 37.6 Å². The molecule has 0 saturated heterocycles. The van der Waals surface area contributed by atoms with Gasteiger partial charge in [0.25, 0.3) is 0 Å². The van der Waals surface area contributed by atoms with Crippen LogP contribution in [0.3, 0.4) is 0 Å². The molecule has 6 rings (SSSR count). The fourth-order valence-corrected chi connectivity index (χ4v) is 13.4. The quantitative estimate of drug-likeness (QED) is 0.304. The van der Waals surface area contributed by atoms with Crippen LogP contribution < -0.4 is 5.32 Å². The lowest BCUT2D eigenvalue weighted by atomic mass is 9.35. The molecule has 0 aromatic carbocycles. The summed E-state index contributed by atoms with van der Waals surface area (Å²) in [5.74, 6) is 2.05. The van der Waals surface area contributed by atoms with Crippen molar-refractivity contribution in [2.75, 3.05) is 7.05 Å². The van der Waals surface area contributed by atoms with Crippen LogP contribution in [0.15, 0.2) is 11.1 Å². The van der Waals surface area contributed by atoms with Crippen molar-refractivity contribution in [1.29, 1.82) is 0 Å². The molecular weight excluding hydrogens is 562 g/mol. The number of allylic oxidation sites excluding steroid dienone is 2. The number of hydrogen-bond acceptors (Lipinski definition) is 4. The molecule has 0 bridgehead atoms. The van der Waals surface area contributed by atoms with E-state index >= 15 is 0 Å². The van der Waals surface area contributed by atoms with Crippen LogP contribution in [0, 0.1) is 74.9 Å². The molecule has 5 fully saturated rings. The molecular formula is C39H59NO5. The number of carboxylic acid groups (broad SMARTS) is 1. The highest BCUT2D eigenvalue weighted by Gasteiger charge is 2.66. The summed E-state index contributed by atoms with van der Waals surface area (Å²) in [5.41, 5.74) is 2.62. The first-order valence-corrected chi connectivity index (χ1v) is 18.3. The van der Waals surface area contributed by atoms with Gasteiger partial charge in [-0.05, 0) is 121 Å². The summed E-state index contributed by atoms with van der Waals surface area (Å²) < 4.78 is 0. The number of carbonyl (C=O) groups is 4. The van der Waals surface area contributed by atoms with Crippen LogP contribution >= 0.6 is 0 Å². The zero-order valence-electron chi connectivity index (χ0n) is 29.3.